The Balaban J connectivity index is 2.69. The summed E-state index contributed by atoms with van der Waals surface area (Å²) in [6, 6.07) is 5.46. The Labute approximate surface area is 103 Å². The van der Waals surface area contributed by atoms with Crippen LogP contribution in [0.25, 0.3) is 0 Å². The first-order valence-electron chi connectivity index (χ1n) is 4.93. The van der Waals surface area contributed by atoms with Gasteiger partial charge in [0.15, 0.2) is 0 Å². The van der Waals surface area contributed by atoms with Gasteiger partial charge in [0.05, 0.1) is 12.3 Å². The third kappa shape index (κ3) is 3.50. The van der Waals surface area contributed by atoms with Crippen LogP contribution in [0.15, 0.2) is 22.7 Å². The second kappa shape index (κ2) is 5.86. The van der Waals surface area contributed by atoms with Crippen LogP contribution in [-0.4, -0.2) is 36.2 Å². The smallest absolute Gasteiger partial charge is 0.321 e. The minimum atomic E-state index is -0.237. The molecule has 0 atom stereocenters. The number of hydrogen-bond acceptors (Lipinski definition) is 2. The fraction of sp³-hybridized carbons (Fsp3) is 0.364. The number of rotatable bonds is 3. The maximum Gasteiger partial charge on any atom is 0.321 e. The van der Waals surface area contributed by atoms with Crippen molar-refractivity contribution in [3.63, 3.8) is 0 Å². The topological polar surface area (TPSA) is 52.6 Å². The van der Waals surface area contributed by atoms with Crippen molar-refractivity contribution in [1.82, 2.24) is 4.90 Å². The van der Waals surface area contributed by atoms with Crippen molar-refractivity contribution in [2.45, 2.75) is 6.92 Å². The third-order valence-electron chi connectivity index (χ3n) is 2.15. The van der Waals surface area contributed by atoms with Gasteiger partial charge in [0.2, 0.25) is 0 Å². The Morgan fingerprint density at radius 2 is 2.25 bits per heavy atom. The van der Waals surface area contributed by atoms with Crippen molar-refractivity contribution in [2.75, 3.05) is 25.5 Å². The number of carbonyl (C=O) groups is 1. The first-order valence-corrected chi connectivity index (χ1v) is 5.73. The van der Waals surface area contributed by atoms with Gasteiger partial charge in [0.25, 0.3) is 0 Å². The summed E-state index contributed by atoms with van der Waals surface area (Å²) in [4.78, 5) is 13.0. The summed E-state index contributed by atoms with van der Waals surface area (Å²) in [5.74, 6) is 0. The van der Waals surface area contributed by atoms with Crippen molar-refractivity contribution >= 4 is 27.6 Å². The lowest BCUT2D eigenvalue weighted by molar-refractivity contribution is 0.202. The average molecular weight is 287 g/mol. The van der Waals surface area contributed by atoms with E-state index in [4.69, 9.17) is 5.11 Å². The highest BCUT2D eigenvalue weighted by Crippen LogP contribution is 2.23. The van der Waals surface area contributed by atoms with Gasteiger partial charge in [-0.1, -0.05) is 6.07 Å². The molecule has 5 heteroatoms. The number of aryl methyl sites for hydroxylation is 1. The summed E-state index contributed by atoms with van der Waals surface area (Å²) < 4.78 is 0.846. The molecule has 1 aromatic carbocycles. The van der Waals surface area contributed by atoms with Gasteiger partial charge in [-0.3, -0.25) is 0 Å². The second-order valence-corrected chi connectivity index (χ2v) is 4.41. The zero-order chi connectivity index (χ0) is 12.1. The number of anilines is 1. The Morgan fingerprint density at radius 3 is 2.81 bits per heavy atom. The van der Waals surface area contributed by atoms with Crippen LogP contribution >= 0.6 is 15.9 Å². The molecule has 2 N–H and O–H groups in total. The number of amides is 2. The Hall–Kier alpha value is -1.07. The normalized spacial score (nSPS) is 10.0. The summed E-state index contributed by atoms with van der Waals surface area (Å²) in [7, 11) is 1.63. The van der Waals surface area contributed by atoms with Crippen LogP contribution in [0.1, 0.15) is 5.56 Å². The third-order valence-corrected chi connectivity index (χ3v) is 2.80. The molecule has 0 bridgehead atoms. The van der Waals surface area contributed by atoms with Gasteiger partial charge in [-0.05, 0) is 40.5 Å². The van der Waals surface area contributed by atoms with E-state index in [0.717, 1.165) is 15.7 Å². The molecular formula is C11H15BrN2O2. The molecule has 1 aromatic rings. The van der Waals surface area contributed by atoms with E-state index in [1.807, 2.05) is 25.1 Å². The standard InChI is InChI=1S/C11H15BrN2O2/c1-8-3-4-10(9(12)7-8)13-11(16)14(2)5-6-15/h3-4,7,15H,5-6H2,1-2H3,(H,13,16). The highest BCUT2D eigenvalue weighted by Gasteiger charge is 2.09. The van der Waals surface area contributed by atoms with Crippen molar-refractivity contribution in [3.05, 3.63) is 28.2 Å². The van der Waals surface area contributed by atoms with Crippen LogP contribution in [0, 0.1) is 6.92 Å². The average Bonchev–Trinajstić information content (AvgIpc) is 2.22. The molecule has 0 aromatic heterocycles. The van der Waals surface area contributed by atoms with E-state index < -0.39 is 0 Å². The van der Waals surface area contributed by atoms with Gasteiger partial charge in [0, 0.05) is 18.1 Å². The number of carbonyl (C=O) groups excluding carboxylic acids is 1. The first kappa shape index (κ1) is 13.0. The van der Waals surface area contributed by atoms with E-state index in [1.165, 1.54) is 4.90 Å². The Bertz CT molecular complexity index is 382. The van der Waals surface area contributed by atoms with Gasteiger partial charge < -0.3 is 15.3 Å². The zero-order valence-corrected chi connectivity index (χ0v) is 10.9. The summed E-state index contributed by atoms with van der Waals surface area (Å²) in [6.45, 7) is 2.25. The molecule has 0 unspecified atom stereocenters. The minimum absolute atomic E-state index is 0.0427. The van der Waals surface area contributed by atoms with Gasteiger partial charge in [-0.25, -0.2) is 4.79 Å². The largest absolute Gasteiger partial charge is 0.395 e. The molecule has 0 aliphatic rings. The molecule has 2 amide bonds. The van der Waals surface area contributed by atoms with E-state index >= 15 is 0 Å². The molecule has 0 radical (unpaired) electrons. The number of likely N-dealkylation sites (N-methyl/N-ethyl adjacent to an activating group) is 1. The molecule has 0 saturated carbocycles. The molecule has 16 heavy (non-hydrogen) atoms. The number of hydrogen-bond donors (Lipinski definition) is 2. The number of benzene rings is 1. The van der Waals surface area contributed by atoms with Crippen LogP contribution in [0.3, 0.4) is 0 Å². The number of nitrogens with one attached hydrogen (secondary N) is 1. The lowest BCUT2D eigenvalue weighted by Crippen LogP contribution is -2.33. The molecule has 0 aliphatic heterocycles. The van der Waals surface area contributed by atoms with Crippen LogP contribution in [0.5, 0.6) is 0 Å². The molecule has 0 heterocycles. The second-order valence-electron chi connectivity index (χ2n) is 3.56. The first-order chi connectivity index (χ1) is 7.54. The SMILES string of the molecule is Cc1ccc(NC(=O)N(C)CCO)c(Br)c1. The van der Waals surface area contributed by atoms with Crippen molar-refractivity contribution < 1.29 is 9.90 Å². The number of aliphatic hydroxyl groups excluding tert-OH is 1. The summed E-state index contributed by atoms with van der Waals surface area (Å²) in [5.41, 5.74) is 1.84. The molecule has 4 nitrogen and oxygen atoms in total. The molecule has 0 aliphatic carbocycles. The maximum absolute atomic E-state index is 11.6. The highest BCUT2D eigenvalue weighted by atomic mass is 79.9. The van der Waals surface area contributed by atoms with E-state index in [2.05, 4.69) is 21.2 Å². The van der Waals surface area contributed by atoms with Gasteiger partial charge in [-0.15, -0.1) is 0 Å². The number of halogens is 1. The predicted octanol–water partition coefficient (Wildman–Crippen LogP) is 2.21. The van der Waals surface area contributed by atoms with Crippen molar-refractivity contribution in [3.8, 4) is 0 Å². The van der Waals surface area contributed by atoms with Crippen LogP contribution < -0.4 is 5.32 Å². The zero-order valence-electron chi connectivity index (χ0n) is 9.33. The molecule has 0 spiro atoms. The molecular weight excluding hydrogens is 272 g/mol. The molecule has 0 saturated heterocycles. The fourth-order valence-electron chi connectivity index (χ4n) is 1.18. The molecule has 1 rings (SSSR count). The summed E-state index contributed by atoms with van der Waals surface area (Å²) in [5, 5.41) is 11.5. The lowest BCUT2D eigenvalue weighted by atomic mass is 10.2. The van der Waals surface area contributed by atoms with Gasteiger partial charge in [0.1, 0.15) is 0 Å². The quantitative estimate of drug-likeness (QED) is 0.895. The Kier molecular flexibility index (Phi) is 4.76. The van der Waals surface area contributed by atoms with E-state index in [-0.39, 0.29) is 12.6 Å². The number of urea groups is 1. The van der Waals surface area contributed by atoms with Crippen LogP contribution in [0.4, 0.5) is 10.5 Å². The highest BCUT2D eigenvalue weighted by molar-refractivity contribution is 9.10. The molecule has 88 valence electrons. The minimum Gasteiger partial charge on any atom is -0.395 e. The van der Waals surface area contributed by atoms with Crippen LogP contribution in [0.2, 0.25) is 0 Å². The fourth-order valence-corrected chi connectivity index (χ4v) is 1.78. The van der Waals surface area contributed by atoms with E-state index in [0.29, 0.717) is 6.54 Å². The predicted molar refractivity (Wildman–Crippen MR) is 67.6 cm³/mol. The maximum atomic E-state index is 11.6. The molecule has 0 fully saturated rings. The van der Waals surface area contributed by atoms with E-state index in [1.54, 1.807) is 7.05 Å². The monoisotopic (exact) mass is 286 g/mol. The summed E-state index contributed by atoms with van der Waals surface area (Å²) >= 11 is 3.38. The Morgan fingerprint density at radius 1 is 1.56 bits per heavy atom. The number of nitrogens with zero attached hydrogens (tertiary/aromatic N) is 1. The van der Waals surface area contributed by atoms with E-state index in [9.17, 15) is 4.79 Å². The van der Waals surface area contributed by atoms with Crippen LogP contribution in [-0.2, 0) is 0 Å². The van der Waals surface area contributed by atoms with Crippen molar-refractivity contribution in [2.24, 2.45) is 0 Å². The van der Waals surface area contributed by atoms with Gasteiger partial charge in [-0.2, -0.15) is 0 Å². The lowest BCUT2D eigenvalue weighted by Gasteiger charge is -2.17. The number of aliphatic hydroxyl groups is 1. The van der Waals surface area contributed by atoms with Gasteiger partial charge >= 0.3 is 6.03 Å². The summed E-state index contributed by atoms with van der Waals surface area (Å²) in [6.07, 6.45) is 0. The van der Waals surface area contributed by atoms with Crippen molar-refractivity contribution in [1.29, 1.82) is 0 Å².